The summed E-state index contributed by atoms with van der Waals surface area (Å²) in [7, 11) is 3.04. The number of nitrogens with one attached hydrogen (secondary N) is 1. The van der Waals surface area contributed by atoms with Crippen molar-refractivity contribution in [3.8, 4) is 0 Å². The van der Waals surface area contributed by atoms with Crippen molar-refractivity contribution in [3.05, 3.63) is 20.8 Å². The molecule has 0 atom stereocenters. The highest BCUT2D eigenvalue weighted by molar-refractivity contribution is 5.74. The van der Waals surface area contributed by atoms with E-state index in [4.69, 9.17) is 5.11 Å². The monoisotopic (exact) mass is 281 g/mol. The van der Waals surface area contributed by atoms with Crippen LogP contribution in [0.5, 0.6) is 0 Å². The lowest BCUT2D eigenvalue weighted by Crippen LogP contribution is -2.37. The van der Waals surface area contributed by atoms with Gasteiger partial charge in [0.25, 0.3) is 5.56 Å². The van der Waals surface area contributed by atoms with Crippen molar-refractivity contribution in [2.75, 3.05) is 18.5 Å². The highest BCUT2D eigenvalue weighted by Crippen LogP contribution is 2.15. The molecule has 0 radical (unpaired) electrons. The van der Waals surface area contributed by atoms with E-state index in [0.29, 0.717) is 30.2 Å². The molecule has 0 amide bonds. The molecular formula is C12H19N5O3. The van der Waals surface area contributed by atoms with Gasteiger partial charge in [0.15, 0.2) is 11.2 Å². The summed E-state index contributed by atoms with van der Waals surface area (Å²) in [4.78, 5) is 28.5. The molecule has 0 aliphatic carbocycles. The largest absolute Gasteiger partial charge is 0.395 e. The molecule has 0 bridgehead atoms. The van der Waals surface area contributed by atoms with Gasteiger partial charge >= 0.3 is 5.69 Å². The number of aryl methyl sites for hydroxylation is 2. The highest BCUT2D eigenvalue weighted by atomic mass is 16.3. The van der Waals surface area contributed by atoms with Gasteiger partial charge in [-0.15, -0.1) is 0 Å². The Labute approximate surface area is 115 Å². The fourth-order valence-corrected chi connectivity index (χ4v) is 2.19. The van der Waals surface area contributed by atoms with Gasteiger partial charge in [0, 0.05) is 27.2 Å². The normalized spacial score (nSPS) is 11.2. The summed E-state index contributed by atoms with van der Waals surface area (Å²) >= 11 is 0. The van der Waals surface area contributed by atoms with E-state index in [1.165, 1.54) is 11.6 Å². The van der Waals surface area contributed by atoms with Gasteiger partial charge in [0.05, 0.1) is 6.61 Å². The maximum atomic E-state index is 12.3. The van der Waals surface area contributed by atoms with E-state index in [0.717, 1.165) is 11.0 Å². The lowest BCUT2D eigenvalue weighted by Gasteiger charge is -2.08. The first kappa shape index (κ1) is 14.3. The number of aliphatic hydroxyl groups is 1. The molecule has 8 heteroatoms. The lowest BCUT2D eigenvalue weighted by molar-refractivity contribution is 0.310. The number of aliphatic hydroxyl groups excluding tert-OH is 1. The van der Waals surface area contributed by atoms with E-state index >= 15 is 0 Å². The molecule has 0 aliphatic heterocycles. The van der Waals surface area contributed by atoms with Crippen LogP contribution in [0.1, 0.15) is 13.3 Å². The van der Waals surface area contributed by atoms with Gasteiger partial charge < -0.3 is 15.0 Å². The smallest absolute Gasteiger partial charge is 0.332 e. The zero-order valence-electron chi connectivity index (χ0n) is 11.9. The molecule has 0 saturated carbocycles. The molecule has 2 N–H and O–H groups in total. The van der Waals surface area contributed by atoms with E-state index in [1.54, 1.807) is 11.6 Å². The molecule has 2 rings (SSSR count). The Hall–Kier alpha value is -2.09. The summed E-state index contributed by atoms with van der Waals surface area (Å²) in [5, 5.41) is 11.9. The third-order valence-corrected chi connectivity index (χ3v) is 3.19. The van der Waals surface area contributed by atoms with E-state index in [1.807, 2.05) is 6.92 Å². The van der Waals surface area contributed by atoms with Crippen molar-refractivity contribution in [1.82, 2.24) is 18.7 Å². The quantitative estimate of drug-likeness (QED) is 0.752. The number of fused-ring (bicyclic) bond motifs is 1. The molecule has 2 heterocycles. The number of hydrogen-bond donors (Lipinski definition) is 2. The second-order valence-corrected chi connectivity index (χ2v) is 4.62. The first-order valence-corrected chi connectivity index (χ1v) is 6.53. The fourth-order valence-electron chi connectivity index (χ4n) is 2.19. The molecule has 0 saturated heterocycles. The summed E-state index contributed by atoms with van der Waals surface area (Å²) in [5.41, 5.74) is -0.0117. The van der Waals surface area contributed by atoms with E-state index in [9.17, 15) is 9.59 Å². The minimum atomic E-state index is -0.405. The summed E-state index contributed by atoms with van der Waals surface area (Å²) in [6.45, 7) is 2.90. The second-order valence-electron chi connectivity index (χ2n) is 4.62. The van der Waals surface area contributed by atoms with Crippen LogP contribution >= 0.6 is 0 Å². The van der Waals surface area contributed by atoms with Gasteiger partial charge in [-0.25, -0.2) is 4.79 Å². The summed E-state index contributed by atoms with van der Waals surface area (Å²) in [6, 6.07) is 0. The Balaban J connectivity index is 2.80. The van der Waals surface area contributed by atoms with E-state index < -0.39 is 5.69 Å². The minimum absolute atomic E-state index is 0.0354. The average Bonchev–Trinajstić information content (AvgIpc) is 2.80. The van der Waals surface area contributed by atoms with Crippen LogP contribution in [0.3, 0.4) is 0 Å². The van der Waals surface area contributed by atoms with Crippen molar-refractivity contribution in [2.45, 2.75) is 19.9 Å². The SMILES string of the molecule is CCCn1c(NCCO)nc2c1c(=O)n(C)c(=O)n2C. The van der Waals surface area contributed by atoms with Crippen LogP contribution in [0, 0.1) is 0 Å². The molecule has 2 aromatic heterocycles. The summed E-state index contributed by atoms with van der Waals surface area (Å²) < 4.78 is 4.19. The molecule has 0 aliphatic rings. The lowest BCUT2D eigenvalue weighted by atomic mass is 10.4. The van der Waals surface area contributed by atoms with Crippen LogP contribution in [0.4, 0.5) is 5.95 Å². The van der Waals surface area contributed by atoms with Crippen molar-refractivity contribution >= 4 is 17.1 Å². The molecule has 0 fully saturated rings. The first-order chi connectivity index (χ1) is 9.52. The van der Waals surface area contributed by atoms with Gasteiger partial charge in [-0.3, -0.25) is 13.9 Å². The number of rotatable bonds is 5. The van der Waals surface area contributed by atoms with Crippen molar-refractivity contribution in [3.63, 3.8) is 0 Å². The standard InChI is InChI=1S/C12H19N5O3/c1-4-6-17-8-9(14-11(17)13-5-7-18)15(2)12(20)16(3)10(8)19/h18H,4-7H2,1-3H3,(H,13,14). The molecule has 0 aromatic carbocycles. The van der Waals surface area contributed by atoms with Crippen molar-refractivity contribution in [2.24, 2.45) is 14.1 Å². The molecule has 0 unspecified atom stereocenters. The topological polar surface area (TPSA) is 94.1 Å². The second kappa shape index (κ2) is 5.49. The summed E-state index contributed by atoms with van der Waals surface area (Å²) in [5.74, 6) is 0.495. The predicted octanol–water partition coefficient (Wildman–Crippen LogP) is -0.752. The van der Waals surface area contributed by atoms with Crippen LogP contribution in [-0.4, -0.2) is 36.9 Å². The van der Waals surface area contributed by atoms with Crippen LogP contribution in [0.25, 0.3) is 11.2 Å². The van der Waals surface area contributed by atoms with Crippen molar-refractivity contribution in [1.29, 1.82) is 0 Å². The van der Waals surface area contributed by atoms with Gasteiger partial charge in [0.2, 0.25) is 5.95 Å². The molecule has 2 aromatic rings. The maximum Gasteiger partial charge on any atom is 0.332 e. The van der Waals surface area contributed by atoms with Crippen LogP contribution in [0.2, 0.25) is 0 Å². The Bertz CT molecular complexity index is 740. The van der Waals surface area contributed by atoms with Gasteiger partial charge in [-0.05, 0) is 6.42 Å². The van der Waals surface area contributed by atoms with Crippen LogP contribution in [-0.2, 0) is 20.6 Å². The highest BCUT2D eigenvalue weighted by Gasteiger charge is 2.18. The number of hydrogen-bond acceptors (Lipinski definition) is 5. The molecule has 110 valence electrons. The Morgan fingerprint density at radius 2 is 1.95 bits per heavy atom. The van der Waals surface area contributed by atoms with Crippen LogP contribution < -0.4 is 16.6 Å². The predicted molar refractivity (Wildman–Crippen MR) is 76.1 cm³/mol. The van der Waals surface area contributed by atoms with Gasteiger partial charge in [-0.1, -0.05) is 6.92 Å². The zero-order valence-corrected chi connectivity index (χ0v) is 11.9. The Morgan fingerprint density at radius 3 is 2.55 bits per heavy atom. The van der Waals surface area contributed by atoms with Crippen molar-refractivity contribution < 1.29 is 5.11 Å². The number of nitrogens with zero attached hydrogens (tertiary/aromatic N) is 4. The minimum Gasteiger partial charge on any atom is -0.395 e. The van der Waals surface area contributed by atoms with E-state index in [-0.39, 0.29) is 12.2 Å². The Kier molecular flexibility index (Phi) is 3.93. The third-order valence-electron chi connectivity index (χ3n) is 3.19. The Morgan fingerprint density at radius 1 is 1.25 bits per heavy atom. The third kappa shape index (κ3) is 2.11. The average molecular weight is 281 g/mol. The molecule has 0 spiro atoms. The molecule has 20 heavy (non-hydrogen) atoms. The van der Waals surface area contributed by atoms with E-state index in [2.05, 4.69) is 10.3 Å². The molecular weight excluding hydrogens is 262 g/mol. The number of anilines is 1. The maximum absolute atomic E-state index is 12.3. The summed E-state index contributed by atoms with van der Waals surface area (Å²) in [6.07, 6.45) is 0.825. The fraction of sp³-hybridized carbons (Fsp3) is 0.583. The number of aromatic nitrogens is 4. The van der Waals surface area contributed by atoms with Gasteiger partial charge in [0.1, 0.15) is 0 Å². The van der Waals surface area contributed by atoms with Gasteiger partial charge in [-0.2, -0.15) is 4.98 Å². The zero-order chi connectivity index (χ0) is 14.9. The molecule has 8 nitrogen and oxygen atoms in total. The van der Waals surface area contributed by atoms with Crippen LogP contribution in [0.15, 0.2) is 9.59 Å². The first-order valence-electron chi connectivity index (χ1n) is 6.53. The number of imidazole rings is 1.